The molecule has 0 saturated heterocycles. The number of rotatable bonds is 0. The van der Waals surface area contributed by atoms with Crippen LogP contribution in [0.4, 0.5) is 0 Å². The van der Waals surface area contributed by atoms with E-state index >= 15 is 0 Å². The van der Waals surface area contributed by atoms with Crippen LogP contribution in [0, 0.1) is 0 Å². The lowest BCUT2D eigenvalue weighted by Gasteiger charge is -2.16. The van der Waals surface area contributed by atoms with E-state index < -0.39 is 0 Å². The van der Waals surface area contributed by atoms with Gasteiger partial charge in [0.15, 0.2) is 11.2 Å². The molecule has 0 fully saturated rings. The van der Waals surface area contributed by atoms with E-state index in [9.17, 15) is 4.79 Å². The Morgan fingerprint density at radius 3 is 2.62 bits per heavy atom. The molecule has 0 bridgehead atoms. The van der Waals surface area contributed by atoms with E-state index in [0.717, 1.165) is 10.2 Å². The van der Waals surface area contributed by atoms with Crippen LogP contribution in [-0.4, -0.2) is 27.4 Å². The fourth-order valence-corrected chi connectivity index (χ4v) is 1.27. The third-order valence-corrected chi connectivity index (χ3v) is 2.26. The summed E-state index contributed by atoms with van der Waals surface area (Å²) < 4.78 is 0.906. The molecule has 0 spiro atoms. The summed E-state index contributed by atoms with van der Waals surface area (Å²) in [5, 5.41) is 0. The molecule has 5 nitrogen and oxygen atoms in total. The van der Waals surface area contributed by atoms with Gasteiger partial charge in [0.2, 0.25) is 7.98 Å². The summed E-state index contributed by atoms with van der Waals surface area (Å²) in [5.41, 5.74) is 0.717. The molecule has 0 aliphatic rings. The predicted octanol–water partition coefficient (Wildman–Crippen LogP) is 0.416. The quantitative estimate of drug-likeness (QED) is 0.596. The van der Waals surface area contributed by atoms with E-state index in [1.165, 1.54) is 6.33 Å². The van der Waals surface area contributed by atoms with Crippen LogP contribution in [-0.2, 0) is 5.41 Å². The Morgan fingerprint density at radius 1 is 1.31 bits per heavy atom. The maximum Gasteiger partial charge on any atom is 0.268 e. The summed E-state index contributed by atoms with van der Waals surface area (Å²) in [4.78, 5) is 24.0. The molecule has 2 heterocycles. The van der Waals surface area contributed by atoms with Crippen molar-refractivity contribution in [2.24, 2.45) is 0 Å². The number of fused-ring (bicyclic) bond motifs is 1. The molecule has 80 valence electrons. The van der Waals surface area contributed by atoms with Crippen LogP contribution in [0.5, 0.6) is 0 Å². The zero-order valence-electron chi connectivity index (χ0n) is 9.43. The first-order valence-corrected chi connectivity index (χ1v) is 4.89. The van der Waals surface area contributed by atoms with Crippen LogP contribution in [0.15, 0.2) is 17.3 Å². The summed E-state index contributed by atoms with van der Waals surface area (Å²) in [6.07, 6.45) is 2.87. The Labute approximate surface area is 94.0 Å². The first kappa shape index (κ1) is 10.8. The highest BCUT2D eigenvalue weighted by Gasteiger charge is 2.17. The molecule has 2 aromatic rings. The molecule has 2 rings (SSSR count). The first-order chi connectivity index (χ1) is 7.39. The predicted molar refractivity (Wildman–Crippen MR) is 61.4 cm³/mol. The molecule has 2 aromatic heterocycles. The smallest absolute Gasteiger partial charge is 0.268 e. The fourth-order valence-electron chi connectivity index (χ4n) is 1.27. The minimum absolute atomic E-state index is 0.164. The van der Waals surface area contributed by atoms with Crippen LogP contribution in [0.25, 0.3) is 11.2 Å². The third-order valence-electron chi connectivity index (χ3n) is 2.26. The lowest BCUT2D eigenvalue weighted by atomic mass is 9.93. The summed E-state index contributed by atoms with van der Waals surface area (Å²) in [6, 6.07) is 0. The number of hydrogen-bond donors (Lipinski definition) is 0. The fraction of sp³-hybridized carbons (Fsp3) is 0.400. The number of aromatic nitrogens is 4. The van der Waals surface area contributed by atoms with Crippen LogP contribution in [0.1, 0.15) is 26.5 Å². The van der Waals surface area contributed by atoms with Crippen molar-refractivity contribution in [1.82, 2.24) is 19.4 Å². The Kier molecular flexibility index (Phi) is 2.29. The molecule has 6 heteroatoms. The van der Waals surface area contributed by atoms with Crippen molar-refractivity contribution >= 4 is 19.1 Å². The molecule has 0 saturated carbocycles. The molecule has 0 unspecified atom stereocenters. The van der Waals surface area contributed by atoms with Gasteiger partial charge < -0.3 is 4.48 Å². The zero-order chi connectivity index (χ0) is 11.9. The molecule has 0 atom stereocenters. The Morgan fingerprint density at radius 2 is 2.00 bits per heavy atom. The number of hydrogen-bond acceptors (Lipinski definition) is 4. The lowest BCUT2D eigenvalue weighted by molar-refractivity contribution is 0.568. The second kappa shape index (κ2) is 3.40. The van der Waals surface area contributed by atoms with Crippen molar-refractivity contribution < 1.29 is 0 Å². The molecule has 16 heavy (non-hydrogen) atoms. The highest BCUT2D eigenvalue weighted by atomic mass is 16.1. The standard InChI is InChI=1S/C10H11BN4O/c1-10(2,3)6-4-12-8-7(14-6)9(16)15(11)5-13-8/h4-5H,1-3H3. The van der Waals surface area contributed by atoms with E-state index in [2.05, 4.69) is 15.0 Å². The topological polar surface area (TPSA) is 60.7 Å². The second-order valence-corrected chi connectivity index (χ2v) is 4.63. The normalized spacial score (nSPS) is 11.9. The van der Waals surface area contributed by atoms with Gasteiger partial charge in [-0.25, -0.2) is 15.0 Å². The molecule has 0 aromatic carbocycles. The molecule has 0 aliphatic carbocycles. The van der Waals surface area contributed by atoms with E-state index in [-0.39, 0.29) is 16.5 Å². The van der Waals surface area contributed by atoms with Gasteiger partial charge >= 0.3 is 0 Å². The Bertz CT molecular complexity index is 600. The SMILES string of the molecule is [B]n1cnc2ncc(C(C)(C)C)nc2c1=O. The first-order valence-electron chi connectivity index (χ1n) is 4.89. The van der Waals surface area contributed by atoms with Crippen LogP contribution in [0.3, 0.4) is 0 Å². The molecular formula is C10H11BN4O. The van der Waals surface area contributed by atoms with Crippen molar-refractivity contribution in [3.8, 4) is 0 Å². The van der Waals surface area contributed by atoms with Gasteiger partial charge in [-0.3, -0.25) is 4.79 Å². The van der Waals surface area contributed by atoms with E-state index in [4.69, 9.17) is 7.98 Å². The zero-order valence-corrected chi connectivity index (χ0v) is 9.43. The van der Waals surface area contributed by atoms with E-state index in [0.29, 0.717) is 5.65 Å². The van der Waals surface area contributed by atoms with Crippen LogP contribution < -0.4 is 5.56 Å². The summed E-state index contributed by atoms with van der Waals surface area (Å²) in [7, 11) is 5.42. The number of nitrogens with zero attached hydrogens (tertiary/aromatic N) is 4. The minimum atomic E-state index is -0.386. The molecular weight excluding hydrogens is 203 g/mol. The van der Waals surface area contributed by atoms with E-state index in [1.807, 2.05) is 20.8 Å². The molecule has 0 aliphatic heterocycles. The summed E-state index contributed by atoms with van der Waals surface area (Å²) in [5.74, 6) is 0. The van der Waals surface area contributed by atoms with Gasteiger partial charge in [0.1, 0.15) is 0 Å². The van der Waals surface area contributed by atoms with Crippen LogP contribution in [0.2, 0.25) is 0 Å². The Balaban J connectivity index is 2.79. The summed E-state index contributed by atoms with van der Waals surface area (Å²) >= 11 is 0. The second-order valence-electron chi connectivity index (χ2n) is 4.63. The van der Waals surface area contributed by atoms with Crippen molar-refractivity contribution in [2.75, 3.05) is 0 Å². The average molecular weight is 214 g/mol. The third kappa shape index (κ3) is 1.71. The van der Waals surface area contributed by atoms with Gasteiger partial charge in [-0.2, -0.15) is 0 Å². The van der Waals surface area contributed by atoms with Gasteiger partial charge in [-0.1, -0.05) is 20.8 Å². The van der Waals surface area contributed by atoms with Gasteiger partial charge in [0.05, 0.1) is 18.2 Å². The molecule has 2 radical (unpaired) electrons. The largest absolute Gasteiger partial charge is 0.355 e. The van der Waals surface area contributed by atoms with Gasteiger partial charge in [0, 0.05) is 5.41 Å². The lowest BCUT2D eigenvalue weighted by Crippen LogP contribution is -2.22. The monoisotopic (exact) mass is 214 g/mol. The van der Waals surface area contributed by atoms with Crippen molar-refractivity contribution in [3.05, 3.63) is 28.6 Å². The van der Waals surface area contributed by atoms with E-state index in [1.54, 1.807) is 6.20 Å². The van der Waals surface area contributed by atoms with Gasteiger partial charge in [-0.05, 0) is 0 Å². The minimum Gasteiger partial charge on any atom is -0.355 e. The van der Waals surface area contributed by atoms with Crippen molar-refractivity contribution in [3.63, 3.8) is 0 Å². The van der Waals surface area contributed by atoms with Gasteiger partial charge in [0.25, 0.3) is 5.56 Å². The molecule has 0 amide bonds. The maximum absolute atomic E-state index is 11.7. The average Bonchev–Trinajstić information content (AvgIpc) is 2.22. The van der Waals surface area contributed by atoms with Gasteiger partial charge in [-0.15, -0.1) is 0 Å². The Hall–Kier alpha value is -1.72. The van der Waals surface area contributed by atoms with Crippen molar-refractivity contribution in [2.45, 2.75) is 26.2 Å². The van der Waals surface area contributed by atoms with Crippen molar-refractivity contribution in [1.29, 1.82) is 0 Å². The highest BCUT2D eigenvalue weighted by Crippen LogP contribution is 2.19. The van der Waals surface area contributed by atoms with Crippen LogP contribution >= 0.6 is 0 Å². The molecule has 0 N–H and O–H groups in total. The maximum atomic E-state index is 11.7. The summed E-state index contributed by atoms with van der Waals surface area (Å²) in [6.45, 7) is 6.00. The highest BCUT2D eigenvalue weighted by molar-refractivity contribution is 6.06.